The second-order valence-electron chi connectivity index (χ2n) is 11.1. The zero-order chi connectivity index (χ0) is 30.8. The maximum Gasteiger partial charge on any atom is 0.513 e. The van der Waals surface area contributed by atoms with Gasteiger partial charge in [0.15, 0.2) is 11.5 Å². The van der Waals surface area contributed by atoms with E-state index >= 15 is 0 Å². The Labute approximate surface area is 243 Å². The molecule has 0 saturated carbocycles. The maximum absolute atomic E-state index is 12.5. The molecule has 0 aromatic heterocycles. The number of carbonyl (C=O) groups excluding carboxylic acids is 4. The molecule has 0 aliphatic carbocycles. The highest BCUT2D eigenvalue weighted by Crippen LogP contribution is 2.30. The molecule has 0 amide bonds. The number of nitrogens with two attached hydrogens (primary N) is 1. The molecule has 0 heterocycles. The van der Waals surface area contributed by atoms with Crippen LogP contribution < -0.4 is 15.2 Å². The van der Waals surface area contributed by atoms with Crippen LogP contribution in [0.3, 0.4) is 0 Å². The van der Waals surface area contributed by atoms with Gasteiger partial charge in [-0.2, -0.15) is 0 Å². The van der Waals surface area contributed by atoms with Crippen LogP contribution in [-0.2, 0) is 35.0 Å². The number of unbranched alkanes of at least 4 members (excludes halogenated alkanes) is 4. The van der Waals surface area contributed by atoms with Gasteiger partial charge in [-0.3, -0.25) is 9.59 Å². The predicted molar refractivity (Wildman–Crippen MR) is 152 cm³/mol. The third kappa shape index (κ3) is 16.5. The Bertz CT molecular complexity index is 973. The Morgan fingerprint density at radius 3 is 1.93 bits per heavy atom. The van der Waals surface area contributed by atoms with E-state index in [9.17, 15) is 19.2 Å². The van der Waals surface area contributed by atoms with Gasteiger partial charge in [-0.05, 0) is 49.3 Å². The lowest BCUT2D eigenvalue weighted by atomic mass is 9.92. The van der Waals surface area contributed by atoms with Crippen LogP contribution in [0.4, 0.5) is 9.59 Å². The first kappa shape index (κ1) is 35.7. The summed E-state index contributed by atoms with van der Waals surface area (Å²) in [5.74, 6) is -1.22. The van der Waals surface area contributed by atoms with E-state index in [0.717, 1.165) is 25.7 Å². The SMILES string of the molecule is CCCCCOC(=O)Oc1ccc(C[C@H](N)C(=O)OC[C@H](C)OC(=O)CC(C)(C)C)cc1OC(=O)OCCCCC. The Balaban J connectivity index is 2.82. The standard InChI is InChI=1S/C30H47NO10/c1-7-9-11-15-36-28(34)40-24-14-13-22(18-25(24)41-29(35)37-16-12-10-8-2)17-23(31)27(33)38-20-21(3)39-26(32)19-30(4,5)6/h13-14,18,21,23H,7-12,15-17,19-20,31H2,1-6H3/t21-,23-/m0/s1. The second kappa shape index (κ2) is 18.9. The topological polar surface area (TPSA) is 150 Å². The van der Waals surface area contributed by atoms with Gasteiger partial charge in [-0.1, -0.05) is 66.4 Å². The van der Waals surface area contributed by atoms with Crippen LogP contribution in [0.5, 0.6) is 11.5 Å². The third-order valence-electron chi connectivity index (χ3n) is 5.56. The molecule has 0 aliphatic heterocycles. The van der Waals surface area contributed by atoms with Crippen molar-refractivity contribution >= 4 is 24.2 Å². The molecular formula is C30H47NO10. The van der Waals surface area contributed by atoms with E-state index in [2.05, 4.69) is 0 Å². The lowest BCUT2D eigenvalue weighted by Gasteiger charge is -2.20. The summed E-state index contributed by atoms with van der Waals surface area (Å²) >= 11 is 0. The third-order valence-corrected chi connectivity index (χ3v) is 5.56. The van der Waals surface area contributed by atoms with Crippen molar-refractivity contribution in [3.8, 4) is 11.5 Å². The first-order valence-electron chi connectivity index (χ1n) is 14.3. The maximum atomic E-state index is 12.5. The zero-order valence-electron chi connectivity index (χ0n) is 25.3. The number of ether oxygens (including phenoxy) is 6. The Kier molecular flexibility index (Phi) is 16.5. The predicted octanol–water partition coefficient (Wildman–Crippen LogP) is 5.88. The zero-order valence-corrected chi connectivity index (χ0v) is 25.3. The molecule has 0 bridgehead atoms. The quantitative estimate of drug-likeness (QED) is 0.102. The highest BCUT2D eigenvalue weighted by molar-refractivity contribution is 5.76. The average Bonchev–Trinajstić information content (AvgIpc) is 2.88. The number of carbonyl (C=O) groups is 4. The lowest BCUT2D eigenvalue weighted by molar-refractivity contribution is -0.160. The van der Waals surface area contributed by atoms with Crippen molar-refractivity contribution in [3.63, 3.8) is 0 Å². The van der Waals surface area contributed by atoms with E-state index < -0.39 is 30.4 Å². The Hall–Kier alpha value is -3.34. The molecule has 1 aromatic rings. The number of esters is 2. The minimum Gasteiger partial charge on any atom is -0.461 e. The van der Waals surface area contributed by atoms with Crippen LogP contribution in [0, 0.1) is 5.41 Å². The van der Waals surface area contributed by atoms with Crippen molar-refractivity contribution in [2.75, 3.05) is 19.8 Å². The summed E-state index contributed by atoms with van der Waals surface area (Å²) in [4.78, 5) is 48.9. The van der Waals surface area contributed by atoms with Gasteiger partial charge in [0, 0.05) is 0 Å². The highest BCUT2D eigenvalue weighted by atomic mass is 16.7. The van der Waals surface area contributed by atoms with E-state index in [1.807, 2.05) is 34.6 Å². The van der Waals surface area contributed by atoms with E-state index in [4.69, 9.17) is 34.2 Å². The molecule has 0 aliphatic rings. The normalized spacial score (nSPS) is 12.6. The molecule has 0 radical (unpaired) electrons. The van der Waals surface area contributed by atoms with Crippen LogP contribution in [-0.4, -0.2) is 56.2 Å². The molecule has 232 valence electrons. The fraction of sp³-hybridized carbons (Fsp3) is 0.667. The van der Waals surface area contributed by atoms with Gasteiger partial charge < -0.3 is 34.2 Å². The number of rotatable bonds is 17. The van der Waals surface area contributed by atoms with Gasteiger partial charge in [-0.15, -0.1) is 0 Å². The van der Waals surface area contributed by atoms with Gasteiger partial charge >= 0.3 is 24.2 Å². The summed E-state index contributed by atoms with van der Waals surface area (Å²) in [6, 6.07) is 3.36. The van der Waals surface area contributed by atoms with Gasteiger partial charge in [0.05, 0.1) is 19.6 Å². The number of benzene rings is 1. The van der Waals surface area contributed by atoms with Crippen LogP contribution in [0.1, 0.15) is 92.1 Å². The molecule has 2 N–H and O–H groups in total. The van der Waals surface area contributed by atoms with Gasteiger partial charge in [0.25, 0.3) is 0 Å². The van der Waals surface area contributed by atoms with Crippen molar-refractivity contribution in [3.05, 3.63) is 23.8 Å². The van der Waals surface area contributed by atoms with Crippen molar-refractivity contribution in [1.29, 1.82) is 0 Å². The Morgan fingerprint density at radius 2 is 1.39 bits per heavy atom. The molecule has 0 saturated heterocycles. The summed E-state index contributed by atoms with van der Waals surface area (Å²) in [6.07, 6.45) is 2.85. The molecular weight excluding hydrogens is 534 g/mol. The molecule has 0 spiro atoms. The minimum atomic E-state index is -1.06. The number of hydrogen-bond acceptors (Lipinski definition) is 11. The van der Waals surface area contributed by atoms with Gasteiger partial charge in [0.2, 0.25) is 0 Å². The van der Waals surface area contributed by atoms with Crippen molar-refractivity contribution < 1.29 is 47.6 Å². The average molecular weight is 582 g/mol. The van der Waals surface area contributed by atoms with Crippen LogP contribution in [0.2, 0.25) is 0 Å². The van der Waals surface area contributed by atoms with Gasteiger partial charge in [-0.25, -0.2) is 9.59 Å². The van der Waals surface area contributed by atoms with Crippen LogP contribution in [0.15, 0.2) is 18.2 Å². The number of hydrogen-bond donors (Lipinski definition) is 1. The largest absolute Gasteiger partial charge is 0.513 e. The summed E-state index contributed by atoms with van der Waals surface area (Å²) in [5, 5.41) is 0. The first-order chi connectivity index (χ1) is 19.3. The van der Waals surface area contributed by atoms with E-state index in [0.29, 0.717) is 18.4 Å². The van der Waals surface area contributed by atoms with Gasteiger partial charge in [0.1, 0.15) is 18.8 Å². The summed E-state index contributed by atoms with van der Waals surface area (Å²) < 4.78 is 31.2. The Morgan fingerprint density at radius 1 is 0.829 bits per heavy atom. The van der Waals surface area contributed by atoms with E-state index in [-0.39, 0.29) is 55.5 Å². The van der Waals surface area contributed by atoms with Crippen LogP contribution >= 0.6 is 0 Å². The molecule has 1 aromatic carbocycles. The first-order valence-corrected chi connectivity index (χ1v) is 14.3. The molecule has 0 fully saturated rings. The summed E-state index contributed by atoms with van der Waals surface area (Å²) in [7, 11) is 0. The summed E-state index contributed by atoms with van der Waals surface area (Å²) in [5.41, 5.74) is 6.33. The molecule has 1 rings (SSSR count). The molecule has 2 atom stereocenters. The van der Waals surface area contributed by atoms with E-state index in [1.165, 1.54) is 12.1 Å². The molecule has 11 nitrogen and oxygen atoms in total. The van der Waals surface area contributed by atoms with Crippen molar-refractivity contribution in [2.24, 2.45) is 11.1 Å². The minimum absolute atomic E-state index is 0.0285. The van der Waals surface area contributed by atoms with E-state index in [1.54, 1.807) is 13.0 Å². The molecule has 0 unspecified atom stereocenters. The monoisotopic (exact) mass is 581 g/mol. The van der Waals surface area contributed by atoms with Crippen molar-refractivity contribution in [1.82, 2.24) is 0 Å². The second-order valence-corrected chi connectivity index (χ2v) is 11.1. The highest BCUT2D eigenvalue weighted by Gasteiger charge is 2.23. The molecule has 41 heavy (non-hydrogen) atoms. The van der Waals surface area contributed by atoms with Crippen LogP contribution in [0.25, 0.3) is 0 Å². The fourth-order valence-electron chi connectivity index (χ4n) is 3.47. The smallest absolute Gasteiger partial charge is 0.461 e. The summed E-state index contributed by atoms with van der Waals surface area (Å²) in [6.45, 7) is 11.7. The van der Waals surface area contributed by atoms with Crippen molar-refractivity contribution in [2.45, 2.75) is 105 Å². The fourth-order valence-corrected chi connectivity index (χ4v) is 3.47. The molecule has 11 heteroatoms. The lowest BCUT2D eigenvalue weighted by Crippen LogP contribution is -2.36.